The van der Waals surface area contributed by atoms with Crippen molar-refractivity contribution in [2.24, 2.45) is 0 Å². The Labute approximate surface area is 63.2 Å². The van der Waals surface area contributed by atoms with Crippen LogP contribution in [0.3, 0.4) is 0 Å². The van der Waals surface area contributed by atoms with Gasteiger partial charge in [0, 0.05) is 0 Å². The summed E-state index contributed by atoms with van der Waals surface area (Å²) in [6, 6.07) is 0. The van der Waals surface area contributed by atoms with Crippen molar-refractivity contribution in [3.8, 4) is 0 Å². The molecule has 0 aromatic rings. The Morgan fingerprint density at radius 2 is 2.62 bits per heavy atom. The Morgan fingerprint density at radius 3 is 3.00 bits per heavy atom. The van der Waals surface area contributed by atoms with Crippen molar-refractivity contribution in [1.82, 2.24) is 0 Å². The molecule has 0 radical (unpaired) electrons. The second-order valence-corrected chi connectivity index (χ2v) is 2.74. The van der Waals surface area contributed by atoms with E-state index in [-0.39, 0.29) is 0 Å². The van der Waals surface area contributed by atoms with E-state index in [0.717, 1.165) is 13.0 Å². The number of halogens is 1. The molecule has 1 rings (SSSR count). The number of ether oxygens (including phenoxy) is 1. The van der Waals surface area contributed by atoms with Crippen LogP contribution in [0.2, 0.25) is 0 Å². The number of hydrogen-bond donors (Lipinski definition) is 0. The largest absolute Gasteiger partial charge is 0.373 e. The molecule has 1 saturated heterocycles. The minimum Gasteiger partial charge on any atom is -0.373 e. The lowest BCUT2D eigenvalue weighted by Gasteiger charge is -1.90. The number of hydrogen-bond acceptors (Lipinski definition) is 1. The van der Waals surface area contributed by atoms with E-state index in [0.29, 0.717) is 6.10 Å². The van der Waals surface area contributed by atoms with E-state index in [1.54, 1.807) is 0 Å². The summed E-state index contributed by atoms with van der Waals surface area (Å²) in [7, 11) is 0. The molecular weight excluding hydrogens is 215 g/mol. The SMILES string of the molecule is C/C(=C\I)CC1CO1. The van der Waals surface area contributed by atoms with E-state index in [4.69, 9.17) is 4.74 Å². The fourth-order valence-electron chi connectivity index (χ4n) is 0.590. The van der Waals surface area contributed by atoms with Crippen molar-refractivity contribution in [3.05, 3.63) is 9.66 Å². The number of epoxide rings is 1. The van der Waals surface area contributed by atoms with Crippen LogP contribution in [0.15, 0.2) is 9.66 Å². The Kier molecular flexibility index (Phi) is 2.31. The molecule has 1 aliphatic rings. The zero-order valence-corrected chi connectivity index (χ0v) is 7.01. The molecule has 1 aliphatic heterocycles. The molecule has 8 heavy (non-hydrogen) atoms. The molecule has 46 valence electrons. The maximum Gasteiger partial charge on any atom is 0.0847 e. The molecule has 0 aliphatic carbocycles. The first-order chi connectivity index (χ1) is 3.83. The Balaban J connectivity index is 2.16. The molecule has 1 nitrogen and oxygen atoms in total. The smallest absolute Gasteiger partial charge is 0.0847 e. The Hall–Kier alpha value is 0.430. The average molecular weight is 224 g/mol. The van der Waals surface area contributed by atoms with Crippen LogP contribution in [-0.4, -0.2) is 12.7 Å². The fourth-order valence-corrected chi connectivity index (χ4v) is 0.844. The third-order valence-electron chi connectivity index (χ3n) is 1.14. The lowest BCUT2D eigenvalue weighted by Crippen LogP contribution is -1.83. The summed E-state index contributed by atoms with van der Waals surface area (Å²) in [6.45, 7) is 3.11. The van der Waals surface area contributed by atoms with E-state index in [1.807, 2.05) is 0 Å². The first-order valence-corrected chi connectivity index (χ1v) is 3.95. The van der Waals surface area contributed by atoms with Crippen molar-refractivity contribution < 1.29 is 4.74 Å². The van der Waals surface area contributed by atoms with E-state index >= 15 is 0 Å². The first kappa shape index (κ1) is 6.55. The van der Waals surface area contributed by atoms with Gasteiger partial charge >= 0.3 is 0 Å². The second kappa shape index (κ2) is 2.82. The van der Waals surface area contributed by atoms with Crippen molar-refractivity contribution in [2.45, 2.75) is 19.4 Å². The molecule has 1 fully saturated rings. The van der Waals surface area contributed by atoms with Gasteiger partial charge in [0.1, 0.15) is 0 Å². The molecule has 0 spiro atoms. The summed E-state index contributed by atoms with van der Waals surface area (Å²) in [5.41, 5.74) is 1.42. The molecular formula is C6H9IO. The van der Waals surface area contributed by atoms with Gasteiger partial charge in [-0.05, 0) is 17.4 Å². The van der Waals surface area contributed by atoms with Gasteiger partial charge in [0.15, 0.2) is 0 Å². The van der Waals surface area contributed by atoms with Gasteiger partial charge in [-0.2, -0.15) is 0 Å². The zero-order valence-electron chi connectivity index (χ0n) is 4.86. The molecule has 0 aromatic heterocycles. The molecule has 1 atom stereocenters. The van der Waals surface area contributed by atoms with E-state index < -0.39 is 0 Å². The van der Waals surface area contributed by atoms with Crippen LogP contribution in [0.4, 0.5) is 0 Å². The number of rotatable bonds is 2. The highest BCUT2D eigenvalue weighted by Crippen LogP contribution is 2.18. The lowest BCUT2D eigenvalue weighted by atomic mass is 10.2. The fraction of sp³-hybridized carbons (Fsp3) is 0.667. The van der Waals surface area contributed by atoms with Crippen LogP contribution < -0.4 is 0 Å². The minimum absolute atomic E-state index is 0.556. The highest BCUT2D eigenvalue weighted by Gasteiger charge is 2.21. The summed E-state index contributed by atoms with van der Waals surface area (Å²) in [5.74, 6) is 0. The van der Waals surface area contributed by atoms with E-state index in [2.05, 4.69) is 33.6 Å². The monoisotopic (exact) mass is 224 g/mol. The first-order valence-electron chi connectivity index (χ1n) is 2.70. The molecule has 0 amide bonds. The standard InChI is InChI=1S/C6H9IO/c1-5(3-7)2-6-4-8-6/h3,6H,2,4H2,1H3/b5-3+. The molecule has 2 heteroatoms. The summed E-state index contributed by atoms with van der Waals surface area (Å²) in [5, 5.41) is 0. The summed E-state index contributed by atoms with van der Waals surface area (Å²) in [6.07, 6.45) is 1.68. The molecule has 0 bridgehead atoms. The second-order valence-electron chi connectivity index (χ2n) is 2.11. The predicted octanol–water partition coefficient (Wildman–Crippen LogP) is 2.11. The molecule has 0 N–H and O–H groups in total. The van der Waals surface area contributed by atoms with Gasteiger partial charge in [0.25, 0.3) is 0 Å². The summed E-state index contributed by atoms with van der Waals surface area (Å²) in [4.78, 5) is 0. The lowest BCUT2D eigenvalue weighted by molar-refractivity contribution is 0.407. The van der Waals surface area contributed by atoms with Gasteiger partial charge in [0.05, 0.1) is 12.7 Å². The topological polar surface area (TPSA) is 12.5 Å². The maximum atomic E-state index is 5.04. The van der Waals surface area contributed by atoms with Gasteiger partial charge in [-0.15, -0.1) is 0 Å². The third-order valence-corrected chi connectivity index (χ3v) is 2.20. The maximum absolute atomic E-state index is 5.04. The van der Waals surface area contributed by atoms with Crippen LogP contribution in [0.5, 0.6) is 0 Å². The van der Waals surface area contributed by atoms with Crippen molar-refractivity contribution in [1.29, 1.82) is 0 Å². The predicted molar refractivity (Wildman–Crippen MR) is 42.1 cm³/mol. The average Bonchev–Trinajstić information content (AvgIpc) is 2.50. The Bertz CT molecular complexity index is 105. The van der Waals surface area contributed by atoms with Crippen LogP contribution in [0.25, 0.3) is 0 Å². The van der Waals surface area contributed by atoms with Gasteiger partial charge in [-0.3, -0.25) is 0 Å². The van der Waals surface area contributed by atoms with Gasteiger partial charge in [-0.1, -0.05) is 28.2 Å². The van der Waals surface area contributed by atoms with Crippen molar-refractivity contribution in [2.75, 3.05) is 6.61 Å². The molecule has 1 unspecified atom stereocenters. The molecule has 1 heterocycles. The van der Waals surface area contributed by atoms with Crippen LogP contribution in [0, 0.1) is 0 Å². The highest BCUT2D eigenvalue weighted by molar-refractivity contribution is 14.1. The normalized spacial score (nSPS) is 28.2. The molecule has 0 saturated carbocycles. The van der Waals surface area contributed by atoms with E-state index in [1.165, 1.54) is 5.57 Å². The van der Waals surface area contributed by atoms with Crippen LogP contribution in [-0.2, 0) is 4.74 Å². The third kappa shape index (κ3) is 2.13. The summed E-state index contributed by atoms with van der Waals surface area (Å²) < 4.78 is 7.15. The zero-order chi connectivity index (χ0) is 5.98. The van der Waals surface area contributed by atoms with Gasteiger partial charge in [-0.25, -0.2) is 0 Å². The van der Waals surface area contributed by atoms with Crippen LogP contribution in [0.1, 0.15) is 13.3 Å². The van der Waals surface area contributed by atoms with E-state index in [9.17, 15) is 0 Å². The Morgan fingerprint density at radius 1 is 2.00 bits per heavy atom. The summed E-state index contributed by atoms with van der Waals surface area (Å²) >= 11 is 2.26. The molecule has 0 aromatic carbocycles. The van der Waals surface area contributed by atoms with Crippen LogP contribution >= 0.6 is 22.6 Å². The van der Waals surface area contributed by atoms with Crippen molar-refractivity contribution in [3.63, 3.8) is 0 Å². The van der Waals surface area contributed by atoms with Crippen molar-refractivity contribution >= 4 is 22.6 Å². The van der Waals surface area contributed by atoms with Gasteiger partial charge in [0.2, 0.25) is 0 Å². The van der Waals surface area contributed by atoms with Gasteiger partial charge < -0.3 is 4.74 Å². The highest BCUT2D eigenvalue weighted by atomic mass is 127. The minimum atomic E-state index is 0.556. The quantitative estimate of drug-likeness (QED) is 0.517.